The van der Waals surface area contributed by atoms with E-state index in [1.54, 1.807) is 18.1 Å². The largest absolute Gasteiger partial charge is 0.496 e. The van der Waals surface area contributed by atoms with E-state index in [1.165, 1.54) is 0 Å². The number of ether oxygens (including phenoxy) is 1. The Bertz CT molecular complexity index is 687. The van der Waals surface area contributed by atoms with Crippen molar-refractivity contribution in [3.05, 3.63) is 28.8 Å². The number of carbonyl (C=O) groups excluding carboxylic acids is 2. The number of hydrogen-bond donors (Lipinski definition) is 0. The number of nitrogens with zero attached hydrogens (tertiary/aromatic N) is 3. The number of piperidine rings is 1. The molecule has 2 amide bonds. The van der Waals surface area contributed by atoms with Crippen LogP contribution in [0.2, 0.25) is 5.02 Å². The second kappa shape index (κ2) is 10.1. The molecule has 28 heavy (non-hydrogen) atoms. The molecular formula is C21H32ClN3O3. The van der Waals surface area contributed by atoms with Gasteiger partial charge >= 0.3 is 0 Å². The zero-order chi connectivity index (χ0) is 20.8. The minimum Gasteiger partial charge on any atom is -0.496 e. The predicted octanol–water partition coefficient (Wildman–Crippen LogP) is 2.89. The molecule has 1 heterocycles. The molecule has 0 aromatic heterocycles. The third-order valence-electron chi connectivity index (χ3n) is 5.41. The van der Waals surface area contributed by atoms with Crippen molar-refractivity contribution in [1.29, 1.82) is 0 Å². The first-order valence-electron chi connectivity index (χ1n) is 9.78. The number of carbonyl (C=O) groups is 2. The molecule has 0 aliphatic carbocycles. The van der Waals surface area contributed by atoms with E-state index >= 15 is 0 Å². The van der Waals surface area contributed by atoms with Crippen molar-refractivity contribution in [3.63, 3.8) is 0 Å². The average Bonchev–Trinajstić information content (AvgIpc) is 2.66. The maximum absolute atomic E-state index is 12.7. The molecular weight excluding hydrogens is 378 g/mol. The first-order valence-corrected chi connectivity index (χ1v) is 10.2. The third-order valence-corrected chi connectivity index (χ3v) is 5.64. The van der Waals surface area contributed by atoms with Crippen LogP contribution < -0.4 is 4.74 Å². The van der Waals surface area contributed by atoms with Gasteiger partial charge in [-0.3, -0.25) is 14.5 Å². The van der Waals surface area contributed by atoms with Crippen molar-refractivity contribution in [3.8, 4) is 5.75 Å². The van der Waals surface area contributed by atoms with Crippen LogP contribution in [0.1, 0.15) is 32.3 Å². The Labute approximate surface area is 173 Å². The minimum absolute atomic E-state index is 0.0184. The third kappa shape index (κ3) is 5.85. The van der Waals surface area contributed by atoms with Crippen LogP contribution in [0, 0.1) is 5.92 Å². The Morgan fingerprint density at radius 1 is 1.25 bits per heavy atom. The summed E-state index contributed by atoms with van der Waals surface area (Å²) in [4.78, 5) is 30.8. The highest BCUT2D eigenvalue weighted by molar-refractivity contribution is 6.30. The lowest BCUT2D eigenvalue weighted by Gasteiger charge is -2.35. The van der Waals surface area contributed by atoms with E-state index < -0.39 is 0 Å². The fraction of sp³-hybridized carbons (Fsp3) is 0.619. The summed E-state index contributed by atoms with van der Waals surface area (Å²) in [7, 11) is 5.38. The maximum Gasteiger partial charge on any atom is 0.236 e. The molecule has 0 spiro atoms. The number of benzene rings is 1. The molecule has 1 aromatic carbocycles. The van der Waals surface area contributed by atoms with Gasteiger partial charge in [-0.2, -0.15) is 0 Å². The van der Waals surface area contributed by atoms with Gasteiger partial charge in [0.25, 0.3) is 0 Å². The lowest BCUT2D eigenvalue weighted by atomic mass is 9.95. The first kappa shape index (κ1) is 22.5. The molecule has 0 N–H and O–H groups in total. The van der Waals surface area contributed by atoms with Crippen LogP contribution in [0.25, 0.3) is 0 Å². The number of likely N-dealkylation sites (N-methyl/N-ethyl adjacent to an activating group) is 1. The normalized spacial score (nSPS) is 15.2. The lowest BCUT2D eigenvalue weighted by Crippen LogP contribution is -2.47. The van der Waals surface area contributed by atoms with Gasteiger partial charge < -0.3 is 14.5 Å². The Hall–Kier alpha value is -1.79. The number of halogens is 1. The number of hydrogen-bond acceptors (Lipinski definition) is 4. The smallest absolute Gasteiger partial charge is 0.236 e. The van der Waals surface area contributed by atoms with Crippen LogP contribution in [-0.4, -0.2) is 73.4 Å². The van der Waals surface area contributed by atoms with Crippen molar-refractivity contribution in [1.82, 2.24) is 14.7 Å². The molecule has 1 fully saturated rings. The zero-order valence-corrected chi connectivity index (χ0v) is 18.3. The van der Waals surface area contributed by atoms with Gasteiger partial charge in [0.05, 0.1) is 13.7 Å². The molecule has 7 heteroatoms. The Kier molecular flexibility index (Phi) is 8.13. The van der Waals surface area contributed by atoms with Crippen LogP contribution in [-0.2, 0) is 16.1 Å². The molecule has 0 unspecified atom stereocenters. The predicted molar refractivity (Wildman–Crippen MR) is 112 cm³/mol. The highest BCUT2D eigenvalue weighted by Gasteiger charge is 2.30. The van der Waals surface area contributed by atoms with E-state index in [4.69, 9.17) is 16.3 Å². The highest BCUT2D eigenvalue weighted by Crippen LogP contribution is 2.24. The van der Waals surface area contributed by atoms with Gasteiger partial charge in [0.2, 0.25) is 11.8 Å². The zero-order valence-electron chi connectivity index (χ0n) is 17.6. The van der Waals surface area contributed by atoms with Crippen molar-refractivity contribution in [2.75, 3.05) is 40.8 Å². The number of rotatable bonds is 7. The molecule has 1 aromatic rings. The number of methoxy groups -OCH3 is 1. The molecule has 0 atom stereocenters. The molecule has 6 nitrogen and oxygen atoms in total. The summed E-state index contributed by atoms with van der Waals surface area (Å²) in [5.74, 6) is 1.06. The minimum atomic E-state index is 0.0184. The van der Waals surface area contributed by atoms with Crippen molar-refractivity contribution in [2.24, 2.45) is 5.92 Å². The van der Waals surface area contributed by atoms with Crippen LogP contribution >= 0.6 is 11.6 Å². The average molecular weight is 410 g/mol. The SMILES string of the molecule is COc1ccc(Cl)cc1CN(C)CC(=O)N1CCC(C(=O)N(C)C(C)C)CC1. The van der Waals surface area contributed by atoms with Gasteiger partial charge in [-0.1, -0.05) is 11.6 Å². The fourth-order valence-electron chi connectivity index (χ4n) is 3.47. The molecule has 156 valence electrons. The topological polar surface area (TPSA) is 53.1 Å². The van der Waals surface area contributed by atoms with Crippen LogP contribution in [0.4, 0.5) is 0 Å². The van der Waals surface area contributed by atoms with E-state index in [9.17, 15) is 9.59 Å². The van der Waals surface area contributed by atoms with Crippen LogP contribution in [0.3, 0.4) is 0 Å². The number of likely N-dealkylation sites (tertiary alicyclic amines) is 1. The van der Waals surface area contributed by atoms with Gasteiger partial charge in [-0.25, -0.2) is 0 Å². The molecule has 2 rings (SSSR count). The maximum atomic E-state index is 12.7. The van der Waals surface area contributed by atoms with E-state index in [-0.39, 0.29) is 23.8 Å². The van der Waals surface area contributed by atoms with Gasteiger partial charge in [-0.15, -0.1) is 0 Å². The summed E-state index contributed by atoms with van der Waals surface area (Å²) >= 11 is 6.09. The second-order valence-corrected chi connectivity index (χ2v) is 8.26. The van der Waals surface area contributed by atoms with Crippen LogP contribution in [0.5, 0.6) is 5.75 Å². The van der Waals surface area contributed by atoms with Gasteiger partial charge in [0.1, 0.15) is 5.75 Å². The van der Waals surface area contributed by atoms with E-state index in [2.05, 4.69) is 0 Å². The molecule has 1 aliphatic heterocycles. The summed E-state index contributed by atoms with van der Waals surface area (Å²) in [6, 6.07) is 5.69. The fourth-order valence-corrected chi connectivity index (χ4v) is 3.66. The highest BCUT2D eigenvalue weighted by atomic mass is 35.5. The summed E-state index contributed by atoms with van der Waals surface area (Å²) < 4.78 is 5.38. The summed E-state index contributed by atoms with van der Waals surface area (Å²) in [5, 5.41) is 0.647. The van der Waals surface area contributed by atoms with Gasteiger partial charge in [-0.05, 0) is 51.9 Å². The molecule has 0 bridgehead atoms. The Morgan fingerprint density at radius 3 is 2.46 bits per heavy atom. The van der Waals surface area contributed by atoms with Crippen molar-refractivity contribution in [2.45, 2.75) is 39.3 Å². The lowest BCUT2D eigenvalue weighted by molar-refractivity contribution is -0.141. The van der Waals surface area contributed by atoms with Crippen molar-refractivity contribution < 1.29 is 14.3 Å². The second-order valence-electron chi connectivity index (χ2n) is 7.83. The quantitative estimate of drug-likeness (QED) is 0.694. The standard InChI is InChI=1S/C21H32ClN3O3/c1-15(2)24(4)21(27)16-8-10-25(11-9-16)20(26)14-23(3)13-17-12-18(22)6-7-19(17)28-5/h6-7,12,15-16H,8-11,13-14H2,1-5H3. The summed E-state index contributed by atoms with van der Waals surface area (Å²) in [6.07, 6.45) is 1.46. The van der Waals surface area contributed by atoms with Crippen LogP contribution in [0.15, 0.2) is 18.2 Å². The first-order chi connectivity index (χ1) is 13.2. The van der Waals surface area contributed by atoms with Gasteiger partial charge in [0.15, 0.2) is 0 Å². The van der Waals surface area contributed by atoms with E-state index in [0.717, 1.165) is 24.2 Å². The van der Waals surface area contributed by atoms with Crippen molar-refractivity contribution >= 4 is 23.4 Å². The molecule has 0 saturated carbocycles. The molecule has 0 radical (unpaired) electrons. The monoisotopic (exact) mass is 409 g/mol. The Morgan fingerprint density at radius 2 is 1.89 bits per heavy atom. The molecule has 1 aliphatic rings. The summed E-state index contributed by atoms with van der Waals surface area (Å²) in [6.45, 7) is 6.19. The molecule has 1 saturated heterocycles. The van der Waals surface area contributed by atoms with E-state index in [1.807, 2.05) is 49.9 Å². The van der Waals surface area contributed by atoms with E-state index in [0.29, 0.717) is 31.2 Å². The summed E-state index contributed by atoms with van der Waals surface area (Å²) in [5.41, 5.74) is 0.950. The number of amides is 2. The van der Waals surface area contributed by atoms with Gasteiger partial charge in [0, 0.05) is 49.2 Å². The Balaban J connectivity index is 1.86.